The van der Waals surface area contributed by atoms with Crippen molar-refractivity contribution in [3.8, 4) is 6.07 Å². The molecule has 2 aromatic rings. The van der Waals surface area contributed by atoms with Crippen LogP contribution in [0.4, 0.5) is 5.69 Å². The van der Waals surface area contributed by atoms with E-state index in [0.717, 1.165) is 27.3 Å². The van der Waals surface area contributed by atoms with Gasteiger partial charge in [-0.25, -0.2) is 0 Å². The average Bonchev–Trinajstić information content (AvgIpc) is 2.56. The van der Waals surface area contributed by atoms with Crippen molar-refractivity contribution in [1.82, 2.24) is 0 Å². The third-order valence-corrected chi connectivity index (χ3v) is 5.55. The molecular weight excluding hydrogens is 276 g/mol. The zero-order valence-electron chi connectivity index (χ0n) is 12.3. The fourth-order valence-corrected chi connectivity index (χ4v) is 3.93. The van der Waals surface area contributed by atoms with E-state index in [1.807, 2.05) is 36.0 Å². The highest BCUT2D eigenvalue weighted by molar-refractivity contribution is 7.99. The molecule has 2 aromatic carbocycles. The van der Waals surface area contributed by atoms with Crippen LogP contribution in [-0.2, 0) is 0 Å². The van der Waals surface area contributed by atoms with E-state index in [2.05, 4.69) is 29.8 Å². The van der Waals surface area contributed by atoms with E-state index in [1.165, 1.54) is 25.7 Å². The first-order chi connectivity index (χ1) is 10.3. The van der Waals surface area contributed by atoms with Crippen molar-refractivity contribution in [3.63, 3.8) is 0 Å². The molecule has 0 aromatic heterocycles. The summed E-state index contributed by atoms with van der Waals surface area (Å²) in [5, 5.41) is 16.0. The van der Waals surface area contributed by atoms with Gasteiger partial charge in [0.05, 0.1) is 11.6 Å². The largest absolute Gasteiger partial charge is 0.382 e. The second-order valence-electron chi connectivity index (χ2n) is 5.67. The SMILES string of the molecule is CSC1CCC(Nc2ccc(C#N)c3ccccc23)CC1. The van der Waals surface area contributed by atoms with Crippen molar-refractivity contribution < 1.29 is 0 Å². The van der Waals surface area contributed by atoms with Crippen LogP contribution in [0.1, 0.15) is 31.2 Å². The first-order valence-corrected chi connectivity index (χ1v) is 8.82. The van der Waals surface area contributed by atoms with Gasteiger partial charge in [-0.15, -0.1) is 0 Å². The zero-order chi connectivity index (χ0) is 14.7. The van der Waals surface area contributed by atoms with Crippen LogP contribution in [0.25, 0.3) is 10.8 Å². The molecule has 0 saturated heterocycles. The Balaban J connectivity index is 1.84. The van der Waals surface area contributed by atoms with Crippen molar-refractivity contribution in [3.05, 3.63) is 42.0 Å². The lowest BCUT2D eigenvalue weighted by Gasteiger charge is -2.29. The van der Waals surface area contributed by atoms with Gasteiger partial charge in [-0.3, -0.25) is 0 Å². The molecule has 0 unspecified atom stereocenters. The van der Waals surface area contributed by atoms with Crippen molar-refractivity contribution in [2.24, 2.45) is 0 Å². The fraction of sp³-hybridized carbons (Fsp3) is 0.389. The quantitative estimate of drug-likeness (QED) is 0.884. The third-order valence-electron chi connectivity index (χ3n) is 4.41. The summed E-state index contributed by atoms with van der Waals surface area (Å²) >= 11 is 2.00. The van der Waals surface area contributed by atoms with Gasteiger partial charge in [0, 0.05) is 27.8 Å². The maximum Gasteiger partial charge on any atom is 0.0998 e. The van der Waals surface area contributed by atoms with E-state index in [9.17, 15) is 5.26 Å². The predicted octanol–water partition coefficient (Wildman–Crippen LogP) is 4.80. The maximum absolute atomic E-state index is 9.23. The summed E-state index contributed by atoms with van der Waals surface area (Å²) in [5.41, 5.74) is 1.92. The van der Waals surface area contributed by atoms with Gasteiger partial charge < -0.3 is 5.32 Å². The Hall–Kier alpha value is -1.66. The molecule has 1 aliphatic rings. The van der Waals surface area contributed by atoms with E-state index in [4.69, 9.17) is 0 Å². The molecule has 0 atom stereocenters. The normalized spacial score (nSPS) is 21.9. The summed E-state index contributed by atoms with van der Waals surface area (Å²) in [6, 6.07) is 15.0. The summed E-state index contributed by atoms with van der Waals surface area (Å²) in [6.07, 6.45) is 7.28. The Kier molecular flexibility index (Phi) is 4.36. The number of nitrogens with zero attached hydrogens (tertiary/aromatic N) is 1. The molecule has 1 fully saturated rings. The Labute approximate surface area is 130 Å². The lowest BCUT2D eigenvalue weighted by atomic mass is 9.94. The van der Waals surface area contributed by atoms with Gasteiger partial charge in [0.25, 0.3) is 0 Å². The van der Waals surface area contributed by atoms with Crippen molar-refractivity contribution in [1.29, 1.82) is 5.26 Å². The summed E-state index contributed by atoms with van der Waals surface area (Å²) in [7, 11) is 0. The van der Waals surface area contributed by atoms with Crippen LogP contribution in [-0.4, -0.2) is 17.5 Å². The molecular formula is C18H20N2S. The highest BCUT2D eigenvalue weighted by atomic mass is 32.2. The Morgan fingerprint density at radius 1 is 1.05 bits per heavy atom. The van der Waals surface area contributed by atoms with Crippen LogP contribution in [0.3, 0.4) is 0 Å². The topological polar surface area (TPSA) is 35.8 Å². The van der Waals surface area contributed by atoms with Gasteiger partial charge in [0.15, 0.2) is 0 Å². The van der Waals surface area contributed by atoms with E-state index in [-0.39, 0.29) is 0 Å². The van der Waals surface area contributed by atoms with E-state index in [1.54, 1.807) is 0 Å². The van der Waals surface area contributed by atoms with Gasteiger partial charge in [0.2, 0.25) is 0 Å². The molecule has 1 saturated carbocycles. The van der Waals surface area contributed by atoms with Gasteiger partial charge in [-0.05, 0) is 44.1 Å². The Bertz CT molecular complexity index is 666. The highest BCUT2D eigenvalue weighted by Gasteiger charge is 2.20. The minimum Gasteiger partial charge on any atom is -0.382 e. The number of hydrogen-bond acceptors (Lipinski definition) is 3. The van der Waals surface area contributed by atoms with Crippen molar-refractivity contribution in [2.75, 3.05) is 11.6 Å². The predicted molar refractivity (Wildman–Crippen MR) is 91.8 cm³/mol. The zero-order valence-corrected chi connectivity index (χ0v) is 13.1. The van der Waals surface area contributed by atoms with Crippen LogP contribution in [0.2, 0.25) is 0 Å². The summed E-state index contributed by atoms with van der Waals surface area (Å²) in [6.45, 7) is 0. The number of nitriles is 1. The monoisotopic (exact) mass is 296 g/mol. The molecule has 2 nitrogen and oxygen atoms in total. The number of thioether (sulfide) groups is 1. The van der Waals surface area contributed by atoms with Gasteiger partial charge in [-0.1, -0.05) is 24.3 Å². The van der Waals surface area contributed by atoms with Crippen LogP contribution < -0.4 is 5.32 Å². The standard InChI is InChI=1S/C18H20N2S/c1-21-15-9-7-14(8-10-15)20-18-11-6-13(12-19)16-4-2-3-5-17(16)18/h2-6,11,14-15,20H,7-10H2,1H3. The molecule has 1 aliphatic carbocycles. The number of fused-ring (bicyclic) bond motifs is 1. The molecule has 0 spiro atoms. The van der Waals surface area contributed by atoms with Gasteiger partial charge >= 0.3 is 0 Å². The van der Waals surface area contributed by atoms with E-state index < -0.39 is 0 Å². The number of hydrogen-bond donors (Lipinski definition) is 1. The molecule has 3 rings (SSSR count). The summed E-state index contributed by atoms with van der Waals surface area (Å²) < 4.78 is 0. The van der Waals surface area contributed by atoms with E-state index in [0.29, 0.717) is 6.04 Å². The molecule has 1 N–H and O–H groups in total. The molecule has 0 radical (unpaired) electrons. The second kappa shape index (κ2) is 6.41. The van der Waals surface area contributed by atoms with E-state index >= 15 is 0 Å². The average molecular weight is 296 g/mol. The number of benzene rings is 2. The number of anilines is 1. The molecule has 21 heavy (non-hydrogen) atoms. The van der Waals surface area contributed by atoms with Crippen LogP contribution in [0.15, 0.2) is 36.4 Å². The fourth-order valence-electron chi connectivity index (χ4n) is 3.19. The second-order valence-corrected chi connectivity index (χ2v) is 6.81. The van der Waals surface area contributed by atoms with Crippen molar-refractivity contribution >= 4 is 28.2 Å². The molecule has 0 heterocycles. The number of nitrogens with one attached hydrogen (secondary N) is 1. The molecule has 0 amide bonds. The van der Waals surface area contributed by atoms with Crippen molar-refractivity contribution in [2.45, 2.75) is 37.0 Å². The molecule has 3 heteroatoms. The lowest BCUT2D eigenvalue weighted by molar-refractivity contribution is 0.473. The van der Waals surface area contributed by atoms with Crippen LogP contribution >= 0.6 is 11.8 Å². The highest BCUT2D eigenvalue weighted by Crippen LogP contribution is 2.31. The van der Waals surface area contributed by atoms with Gasteiger partial charge in [0.1, 0.15) is 0 Å². The third kappa shape index (κ3) is 3.01. The molecule has 108 valence electrons. The first-order valence-electron chi connectivity index (χ1n) is 7.53. The Morgan fingerprint density at radius 3 is 2.43 bits per heavy atom. The molecule has 0 bridgehead atoms. The summed E-state index contributed by atoms with van der Waals surface area (Å²) in [4.78, 5) is 0. The minimum atomic E-state index is 0.560. The Morgan fingerprint density at radius 2 is 1.76 bits per heavy atom. The van der Waals surface area contributed by atoms with Crippen LogP contribution in [0, 0.1) is 11.3 Å². The molecule has 0 aliphatic heterocycles. The lowest BCUT2D eigenvalue weighted by Crippen LogP contribution is -2.27. The minimum absolute atomic E-state index is 0.560. The smallest absolute Gasteiger partial charge is 0.0998 e. The van der Waals surface area contributed by atoms with Crippen LogP contribution in [0.5, 0.6) is 0 Å². The maximum atomic E-state index is 9.23. The summed E-state index contributed by atoms with van der Waals surface area (Å²) in [5.74, 6) is 0. The first kappa shape index (κ1) is 14.3. The number of rotatable bonds is 3. The van der Waals surface area contributed by atoms with Gasteiger partial charge in [-0.2, -0.15) is 17.0 Å².